The third-order valence-electron chi connectivity index (χ3n) is 2.70. The summed E-state index contributed by atoms with van der Waals surface area (Å²) in [7, 11) is 0. The Labute approximate surface area is 94.8 Å². The van der Waals surface area contributed by atoms with Crippen LogP contribution in [0.2, 0.25) is 0 Å². The van der Waals surface area contributed by atoms with Gasteiger partial charge in [0, 0.05) is 17.7 Å². The van der Waals surface area contributed by atoms with E-state index >= 15 is 0 Å². The van der Waals surface area contributed by atoms with Crippen molar-refractivity contribution in [1.82, 2.24) is 5.43 Å². The number of aryl methyl sites for hydroxylation is 1. The van der Waals surface area contributed by atoms with Gasteiger partial charge < -0.3 is 0 Å². The molecule has 0 aliphatic rings. The average Bonchev–Trinajstić information content (AvgIpc) is 2.26. The van der Waals surface area contributed by atoms with Crippen LogP contribution >= 0.6 is 0 Å². The highest BCUT2D eigenvalue weighted by Gasteiger charge is 2.15. The van der Waals surface area contributed by atoms with Gasteiger partial charge in [-0.1, -0.05) is 19.8 Å². The first-order valence-electron chi connectivity index (χ1n) is 5.51. The van der Waals surface area contributed by atoms with Gasteiger partial charge in [0.2, 0.25) is 0 Å². The van der Waals surface area contributed by atoms with Gasteiger partial charge in [-0.05, 0) is 25.0 Å². The molecular weight excluding hydrogens is 210 g/mol. The topological polar surface area (TPSA) is 38.0 Å². The van der Waals surface area contributed by atoms with Gasteiger partial charge in [-0.15, -0.1) is 0 Å². The summed E-state index contributed by atoms with van der Waals surface area (Å²) in [5, 5.41) is 0. The van der Waals surface area contributed by atoms with E-state index in [4.69, 9.17) is 5.84 Å². The van der Waals surface area contributed by atoms with E-state index in [2.05, 4.69) is 12.3 Å². The summed E-state index contributed by atoms with van der Waals surface area (Å²) in [6.07, 6.45) is 2.71. The Hall–Kier alpha value is -1.00. The zero-order valence-electron chi connectivity index (χ0n) is 9.69. The molecule has 2 nitrogen and oxygen atoms in total. The minimum Gasteiger partial charge on any atom is -0.271 e. The summed E-state index contributed by atoms with van der Waals surface area (Å²) in [5.41, 5.74) is 3.46. The van der Waals surface area contributed by atoms with Crippen molar-refractivity contribution in [3.63, 3.8) is 0 Å². The number of benzene rings is 1. The third kappa shape index (κ3) is 3.00. The molecule has 1 aromatic carbocycles. The maximum Gasteiger partial charge on any atom is 0.130 e. The first-order chi connectivity index (χ1) is 7.60. The number of hydrogen-bond donors (Lipinski definition) is 2. The number of hydrazine groups is 1. The van der Waals surface area contributed by atoms with Crippen LogP contribution in [-0.4, -0.2) is 0 Å². The minimum absolute atomic E-state index is 0.251. The van der Waals surface area contributed by atoms with Crippen LogP contribution in [0.15, 0.2) is 12.1 Å². The van der Waals surface area contributed by atoms with E-state index in [1.54, 1.807) is 6.92 Å². The Balaban J connectivity index is 2.95. The predicted octanol–water partition coefficient (Wildman–Crippen LogP) is 2.97. The number of unbranched alkanes of at least 4 members (excludes halogenated alkanes) is 1. The molecule has 0 saturated carbocycles. The van der Waals surface area contributed by atoms with E-state index in [0.29, 0.717) is 11.1 Å². The first kappa shape index (κ1) is 13.1. The lowest BCUT2D eigenvalue weighted by atomic mass is 9.99. The van der Waals surface area contributed by atoms with E-state index in [9.17, 15) is 8.78 Å². The largest absolute Gasteiger partial charge is 0.271 e. The summed E-state index contributed by atoms with van der Waals surface area (Å²) >= 11 is 0. The molecule has 0 aliphatic carbocycles. The number of hydrogen-bond acceptors (Lipinski definition) is 2. The number of nitrogens with one attached hydrogen (secondary N) is 1. The van der Waals surface area contributed by atoms with Gasteiger partial charge in [0.15, 0.2) is 0 Å². The predicted molar refractivity (Wildman–Crippen MR) is 60.7 cm³/mol. The summed E-state index contributed by atoms with van der Waals surface area (Å²) in [5.74, 6) is 4.33. The summed E-state index contributed by atoms with van der Waals surface area (Å²) < 4.78 is 26.6. The molecule has 1 atom stereocenters. The van der Waals surface area contributed by atoms with Crippen molar-refractivity contribution in [2.75, 3.05) is 0 Å². The number of halogens is 2. The highest BCUT2D eigenvalue weighted by atomic mass is 19.1. The highest BCUT2D eigenvalue weighted by Crippen LogP contribution is 2.24. The van der Waals surface area contributed by atoms with E-state index in [0.717, 1.165) is 25.3 Å². The average molecular weight is 228 g/mol. The summed E-state index contributed by atoms with van der Waals surface area (Å²) in [6, 6.07) is 2.19. The van der Waals surface area contributed by atoms with Gasteiger partial charge in [-0.3, -0.25) is 11.3 Å². The van der Waals surface area contributed by atoms with Crippen LogP contribution < -0.4 is 11.3 Å². The molecule has 0 saturated heterocycles. The van der Waals surface area contributed by atoms with Crippen LogP contribution in [0.5, 0.6) is 0 Å². The number of rotatable bonds is 5. The van der Waals surface area contributed by atoms with Crippen LogP contribution in [0.3, 0.4) is 0 Å². The molecule has 0 aliphatic heterocycles. The zero-order valence-corrected chi connectivity index (χ0v) is 9.69. The van der Waals surface area contributed by atoms with Crippen molar-refractivity contribution >= 4 is 0 Å². The van der Waals surface area contributed by atoms with E-state index in [1.807, 2.05) is 0 Å². The van der Waals surface area contributed by atoms with Crippen LogP contribution in [-0.2, 0) is 0 Å². The van der Waals surface area contributed by atoms with Crippen molar-refractivity contribution in [2.24, 2.45) is 5.84 Å². The van der Waals surface area contributed by atoms with Crippen molar-refractivity contribution in [1.29, 1.82) is 0 Å². The smallest absolute Gasteiger partial charge is 0.130 e. The molecule has 0 bridgehead atoms. The van der Waals surface area contributed by atoms with Gasteiger partial charge in [-0.25, -0.2) is 8.78 Å². The Morgan fingerprint density at radius 3 is 2.56 bits per heavy atom. The van der Waals surface area contributed by atoms with Gasteiger partial charge in [0.05, 0.1) is 0 Å². The molecule has 0 spiro atoms. The monoisotopic (exact) mass is 228 g/mol. The molecule has 1 rings (SSSR count). The normalized spacial score (nSPS) is 12.8. The lowest BCUT2D eigenvalue weighted by Crippen LogP contribution is -2.28. The highest BCUT2D eigenvalue weighted by molar-refractivity contribution is 5.28. The maximum atomic E-state index is 13.6. The lowest BCUT2D eigenvalue weighted by molar-refractivity contribution is 0.465. The zero-order chi connectivity index (χ0) is 12.1. The molecule has 0 amide bonds. The standard InChI is InChI=1S/C12H18F2N2/c1-3-4-5-12(16-15)9-6-8(2)10(13)7-11(9)14/h6-7,12,16H,3-5,15H2,1-2H3. The molecule has 0 heterocycles. The second kappa shape index (κ2) is 5.92. The van der Waals surface area contributed by atoms with Crippen LogP contribution in [0.25, 0.3) is 0 Å². The van der Waals surface area contributed by atoms with E-state index in [1.165, 1.54) is 6.07 Å². The van der Waals surface area contributed by atoms with Crippen LogP contribution in [0.1, 0.15) is 43.4 Å². The van der Waals surface area contributed by atoms with Crippen molar-refractivity contribution in [3.8, 4) is 0 Å². The van der Waals surface area contributed by atoms with Crippen molar-refractivity contribution in [3.05, 3.63) is 34.9 Å². The van der Waals surface area contributed by atoms with E-state index < -0.39 is 11.6 Å². The fourth-order valence-electron chi connectivity index (χ4n) is 1.68. The van der Waals surface area contributed by atoms with Gasteiger partial charge in [0.25, 0.3) is 0 Å². The molecule has 90 valence electrons. The first-order valence-corrected chi connectivity index (χ1v) is 5.51. The Morgan fingerprint density at radius 2 is 2.00 bits per heavy atom. The molecule has 1 unspecified atom stereocenters. The molecule has 3 N–H and O–H groups in total. The lowest BCUT2D eigenvalue weighted by Gasteiger charge is -2.17. The quantitative estimate of drug-likeness (QED) is 0.600. The van der Waals surface area contributed by atoms with Crippen molar-refractivity contribution < 1.29 is 8.78 Å². The Morgan fingerprint density at radius 1 is 1.31 bits per heavy atom. The maximum absolute atomic E-state index is 13.6. The van der Waals surface area contributed by atoms with Gasteiger partial charge in [-0.2, -0.15) is 0 Å². The summed E-state index contributed by atoms with van der Waals surface area (Å²) in [4.78, 5) is 0. The number of nitrogens with two attached hydrogens (primary N) is 1. The molecular formula is C12H18F2N2. The van der Waals surface area contributed by atoms with E-state index in [-0.39, 0.29) is 6.04 Å². The molecule has 0 radical (unpaired) electrons. The van der Waals surface area contributed by atoms with Crippen LogP contribution in [0, 0.1) is 18.6 Å². The molecule has 0 aromatic heterocycles. The molecule has 16 heavy (non-hydrogen) atoms. The molecule has 0 fully saturated rings. The summed E-state index contributed by atoms with van der Waals surface area (Å²) in [6.45, 7) is 3.67. The minimum atomic E-state index is -0.540. The van der Waals surface area contributed by atoms with Gasteiger partial charge >= 0.3 is 0 Å². The van der Waals surface area contributed by atoms with Gasteiger partial charge in [0.1, 0.15) is 11.6 Å². The molecule has 1 aromatic rings. The van der Waals surface area contributed by atoms with Crippen molar-refractivity contribution in [2.45, 2.75) is 39.2 Å². The Kier molecular flexibility index (Phi) is 4.83. The molecule has 4 heteroatoms. The second-order valence-electron chi connectivity index (χ2n) is 3.98. The fraction of sp³-hybridized carbons (Fsp3) is 0.500. The SMILES string of the molecule is CCCCC(NN)c1cc(C)c(F)cc1F. The fourth-order valence-corrected chi connectivity index (χ4v) is 1.68. The third-order valence-corrected chi connectivity index (χ3v) is 2.70. The Bertz CT molecular complexity index is 353. The second-order valence-corrected chi connectivity index (χ2v) is 3.98. The van der Waals surface area contributed by atoms with Crippen LogP contribution in [0.4, 0.5) is 8.78 Å².